The van der Waals surface area contributed by atoms with Gasteiger partial charge in [0.05, 0.1) is 13.3 Å². The van der Waals surface area contributed by atoms with Gasteiger partial charge in [-0.25, -0.2) is 10.2 Å². The summed E-state index contributed by atoms with van der Waals surface area (Å²) in [5, 5.41) is 6.56. The van der Waals surface area contributed by atoms with Gasteiger partial charge in [-0.3, -0.25) is 0 Å². The molecule has 0 saturated heterocycles. The van der Waals surface area contributed by atoms with Gasteiger partial charge in [-0.2, -0.15) is 5.10 Å². The molecule has 0 aliphatic rings. The van der Waals surface area contributed by atoms with Crippen molar-refractivity contribution in [1.29, 1.82) is 0 Å². The summed E-state index contributed by atoms with van der Waals surface area (Å²) in [4.78, 5) is 11.6. The van der Waals surface area contributed by atoms with Crippen molar-refractivity contribution in [3.63, 3.8) is 0 Å². The molecule has 2 amide bonds. The van der Waals surface area contributed by atoms with Crippen LogP contribution in [-0.2, 0) is 0 Å². The van der Waals surface area contributed by atoms with Gasteiger partial charge < -0.3 is 10.1 Å². The molecule has 0 atom stereocenters. The van der Waals surface area contributed by atoms with E-state index in [1.165, 1.54) is 6.21 Å². The number of amides is 2. The van der Waals surface area contributed by atoms with Gasteiger partial charge in [0.2, 0.25) is 0 Å². The van der Waals surface area contributed by atoms with Crippen molar-refractivity contribution in [1.82, 2.24) is 5.43 Å². The van der Waals surface area contributed by atoms with E-state index in [-0.39, 0.29) is 0 Å². The SMILES string of the molecule is COc1ccc(Br)cc1/C=N\NC(=O)Nc1ccccc1. The van der Waals surface area contributed by atoms with Gasteiger partial charge in [0.1, 0.15) is 5.75 Å². The predicted octanol–water partition coefficient (Wildman–Crippen LogP) is 3.61. The average molecular weight is 348 g/mol. The third-order valence-electron chi connectivity index (χ3n) is 2.59. The molecule has 0 saturated carbocycles. The van der Waals surface area contributed by atoms with E-state index >= 15 is 0 Å². The van der Waals surface area contributed by atoms with Gasteiger partial charge in [0.15, 0.2) is 0 Å². The van der Waals surface area contributed by atoms with Crippen LogP contribution in [-0.4, -0.2) is 19.4 Å². The van der Waals surface area contributed by atoms with Gasteiger partial charge >= 0.3 is 6.03 Å². The number of nitrogens with one attached hydrogen (secondary N) is 2. The summed E-state index contributed by atoms with van der Waals surface area (Å²) < 4.78 is 6.11. The lowest BCUT2D eigenvalue weighted by molar-refractivity contribution is 0.252. The zero-order chi connectivity index (χ0) is 15.1. The monoisotopic (exact) mass is 347 g/mol. The molecule has 0 bridgehead atoms. The molecule has 0 aromatic heterocycles. The van der Waals surface area contributed by atoms with Gasteiger partial charge in [-0.15, -0.1) is 0 Å². The predicted molar refractivity (Wildman–Crippen MR) is 86.9 cm³/mol. The van der Waals surface area contributed by atoms with Crippen LogP contribution in [0.5, 0.6) is 5.75 Å². The van der Waals surface area contributed by atoms with Crippen LogP contribution in [0.15, 0.2) is 58.1 Å². The van der Waals surface area contributed by atoms with Crippen LogP contribution in [0.4, 0.5) is 10.5 Å². The molecule has 0 aliphatic heterocycles. The molecule has 6 heteroatoms. The number of benzene rings is 2. The number of rotatable bonds is 4. The molecule has 0 heterocycles. The molecule has 2 aromatic carbocycles. The first-order chi connectivity index (χ1) is 10.2. The Bertz CT molecular complexity index is 645. The van der Waals surface area contributed by atoms with Crippen LogP contribution in [0.2, 0.25) is 0 Å². The number of anilines is 1. The van der Waals surface area contributed by atoms with Crippen molar-refractivity contribution in [3.05, 3.63) is 58.6 Å². The number of carbonyl (C=O) groups excluding carboxylic acids is 1. The normalized spacial score (nSPS) is 10.4. The minimum absolute atomic E-state index is 0.411. The Kier molecular flexibility index (Phi) is 5.34. The second-order valence-electron chi connectivity index (χ2n) is 4.08. The summed E-state index contributed by atoms with van der Waals surface area (Å²) in [5.41, 5.74) is 3.85. The van der Waals surface area contributed by atoms with Crippen LogP contribution in [0.3, 0.4) is 0 Å². The highest BCUT2D eigenvalue weighted by molar-refractivity contribution is 9.10. The lowest BCUT2D eigenvalue weighted by Gasteiger charge is -2.05. The largest absolute Gasteiger partial charge is 0.496 e. The number of hydrogen-bond donors (Lipinski definition) is 2. The maximum absolute atomic E-state index is 11.6. The standard InChI is InChI=1S/C15H14BrN3O2/c1-21-14-8-7-12(16)9-11(14)10-17-19-15(20)18-13-5-3-2-4-6-13/h2-10H,1H3,(H2,18,19,20)/b17-10-. The number of carbonyl (C=O) groups is 1. The van der Waals surface area contributed by atoms with Crippen molar-refractivity contribution < 1.29 is 9.53 Å². The molecule has 108 valence electrons. The smallest absolute Gasteiger partial charge is 0.339 e. The van der Waals surface area contributed by atoms with Crippen LogP contribution in [0, 0.1) is 0 Å². The van der Waals surface area contributed by atoms with E-state index < -0.39 is 6.03 Å². The highest BCUT2D eigenvalue weighted by Gasteiger charge is 2.02. The summed E-state index contributed by atoms with van der Waals surface area (Å²) in [6, 6.07) is 14.3. The zero-order valence-electron chi connectivity index (χ0n) is 11.3. The Morgan fingerprint density at radius 2 is 2.00 bits per heavy atom. The summed E-state index contributed by atoms with van der Waals surface area (Å²) in [7, 11) is 1.58. The fourth-order valence-electron chi connectivity index (χ4n) is 1.65. The van der Waals surface area contributed by atoms with Gasteiger partial charge in [0.25, 0.3) is 0 Å². The number of methoxy groups -OCH3 is 1. The van der Waals surface area contributed by atoms with Crippen molar-refractivity contribution in [2.75, 3.05) is 12.4 Å². The lowest BCUT2D eigenvalue weighted by Crippen LogP contribution is -2.24. The minimum Gasteiger partial charge on any atom is -0.496 e. The summed E-state index contributed by atoms with van der Waals surface area (Å²) in [6.07, 6.45) is 1.52. The second kappa shape index (κ2) is 7.44. The molecule has 0 aliphatic carbocycles. The summed E-state index contributed by atoms with van der Waals surface area (Å²) in [5.74, 6) is 0.673. The molecular formula is C15H14BrN3O2. The molecular weight excluding hydrogens is 334 g/mol. The first kappa shape index (κ1) is 15.1. The zero-order valence-corrected chi connectivity index (χ0v) is 12.9. The van der Waals surface area contributed by atoms with Crippen molar-refractivity contribution in [2.24, 2.45) is 5.10 Å². The quantitative estimate of drug-likeness (QED) is 0.655. The maximum atomic E-state index is 11.6. The van der Waals surface area contributed by atoms with Crippen molar-refractivity contribution in [3.8, 4) is 5.75 Å². The molecule has 2 rings (SSSR count). The number of urea groups is 1. The van der Waals surface area contributed by atoms with Crippen LogP contribution >= 0.6 is 15.9 Å². The van der Waals surface area contributed by atoms with Gasteiger partial charge in [0, 0.05) is 15.7 Å². The van der Waals surface area contributed by atoms with E-state index in [0.717, 1.165) is 10.0 Å². The highest BCUT2D eigenvalue weighted by Crippen LogP contribution is 2.21. The highest BCUT2D eigenvalue weighted by atomic mass is 79.9. The third-order valence-corrected chi connectivity index (χ3v) is 3.09. The van der Waals surface area contributed by atoms with Crippen LogP contribution in [0.1, 0.15) is 5.56 Å². The Hall–Kier alpha value is -2.34. The topological polar surface area (TPSA) is 62.7 Å². The molecule has 2 aromatic rings. The Morgan fingerprint density at radius 3 is 2.71 bits per heavy atom. The van der Waals surface area contributed by atoms with E-state index in [1.54, 1.807) is 19.2 Å². The van der Waals surface area contributed by atoms with E-state index in [1.807, 2.05) is 36.4 Å². The number of hydrazone groups is 1. The van der Waals surface area contributed by atoms with Crippen LogP contribution < -0.4 is 15.5 Å². The van der Waals surface area contributed by atoms with Crippen molar-refractivity contribution in [2.45, 2.75) is 0 Å². The maximum Gasteiger partial charge on any atom is 0.339 e. The molecule has 0 fully saturated rings. The number of para-hydroxylation sites is 1. The average Bonchev–Trinajstić information content (AvgIpc) is 2.48. The van der Waals surface area contributed by atoms with E-state index in [4.69, 9.17) is 4.74 Å². The third kappa shape index (κ3) is 4.61. The number of ether oxygens (including phenoxy) is 1. The second-order valence-corrected chi connectivity index (χ2v) is 4.99. The van der Waals surface area contributed by atoms with Gasteiger partial charge in [-0.05, 0) is 30.3 Å². The Labute approximate surface area is 131 Å². The summed E-state index contributed by atoms with van der Waals surface area (Å²) >= 11 is 3.37. The molecule has 0 unspecified atom stereocenters. The molecule has 0 spiro atoms. The fraction of sp³-hybridized carbons (Fsp3) is 0.0667. The van der Waals surface area contributed by atoms with Crippen molar-refractivity contribution >= 4 is 33.9 Å². The summed E-state index contributed by atoms with van der Waals surface area (Å²) in [6.45, 7) is 0. The number of halogens is 1. The van der Waals surface area contributed by atoms with E-state index in [9.17, 15) is 4.79 Å². The van der Waals surface area contributed by atoms with Gasteiger partial charge in [-0.1, -0.05) is 34.1 Å². The van der Waals surface area contributed by atoms with E-state index in [2.05, 4.69) is 31.8 Å². The Morgan fingerprint density at radius 1 is 1.24 bits per heavy atom. The fourth-order valence-corrected chi connectivity index (χ4v) is 2.03. The lowest BCUT2D eigenvalue weighted by atomic mass is 10.2. The first-order valence-electron chi connectivity index (χ1n) is 6.17. The molecule has 5 nitrogen and oxygen atoms in total. The van der Waals surface area contributed by atoms with E-state index in [0.29, 0.717) is 11.4 Å². The molecule has 0 radical (unpaired) electrons. The molecule has 2 N–H and O–H groups in total. The number of hydrogen-bond acceptors (Lipinski definition) is 3. The minimum atomic E-state index is -0.411. The molecule has 21 heavy (non-hydrogen) atoms. The Balaban J connectivity index is 1.96. The first-order valence-corrected chi connectivity index (χ1v) is 6.97. The number of nitrogens with zero attached hydrogens (tertiary/aromatic N) is 1. The van der Waals surface area contributed by atoms with Crippen LogP contribution in [0.25, 0.3) is 0 Å².